The molecule has 0 fully saturated rings. The van der Waals surface area contributed by atoms with Crippen LogP contribution in [0.5, 0.6) is 0 Å². The quantitative estimate of drug-likeness (QED) is 0.298. The second kappa shape index (κ2) is 4.74. The number of aromatic nitrogens is 1. The Morgan fingerprint density at radius 2 is 1.38 bits per heavy atom. The third-order valence-electron chi connectivity index (χ3n) is 5.32. The summed E-state index contributed by atoms with van der Waals surface area (Å²) in [5.74, 6) is 0. The predicted octanol–water partition coefficient (Wildman–Crippen LogP) is 7.15. The average Bonchev–Trinajstić information content (AvgIpc) is 2.99. The summed E-state index contributed by atoms with van der Waals surface area (Å²) in [4.78, 5) is 3.59. The normalized spacial score (nSPS) is 15.0. The Kier molecular flexibility index (Phi) is 2.91. The highest BCUT2D eigenvalue weighted by Crippen LogP contribution is 2.50. The van der Waals surface area contributed by atoms with Gasteiger partial charge in [0, 0.05) is 36.2 Å². The zero-order valence-corrected chi connectivity index (χ0v) is 16.5. The lowest BCUT2D eigenvalue weighted by Gasteiger charge is -2.21. The molecule has 1 aliphatic rings. The molecule has 0 amide bonds. The minimum absolute atomic E-state index is 0.0144. The van der Waals surface area contributed by atoms with Crippen molar-refractivity contribution in [3.63, 3.8) is 0 Å². The van der Waals surface area contributed by atoms with Gasteiger partial charge in [-0.3, -0.25) is 0 Å². The highest BCUT2D eigenvalue weighted by Gasteiger charge is 2.36. The second-order valence-electron chi connectivity index (χ2n) is 7.07. The fourth-order valence-corrected chi connectivity index (χ4v) is 4.80. The van der Waals surface area contributed by atoms with E-state index in [-0.39, 0.29) is 5.41 Å². The molecule has 1 aliphatic carbocycles. The number of H-pyrrole nitrogens is 1. The van der Waals surface area contributed by atoms with Crippen LogP contribution in [0.3, 0.4) is 0 Å². The maximum atomic E-state index is 3.63. The van der Waals surface area contributed by atoms with Crippen LogP contribution in [0.2, 0.25) is 0 Å². The van der Waals surface area contributed by atoms with E-state index in [9.17, 15) is 0 Å². The standard InChI is InChI=1S/C21H15Br2N/c1-21(2)17-7-11(22)3-5-13(17)15-9-16-14-6-4-12(23)8-19(14)24-20(16)10-18(15)21/h3-10,24H,1-2H3. The van der Waals surface area contributed by atoms with E-state index in [1.165, 1.54) is 44.1 Å². The molecule has 3 heteroatoms. The number of benzene rings is 3. The summed E-state index contributed by atoms with van der Waals surface area (Å²) in [6.07, 6.45) is 0. The molecule has 118 valence electrons. The Labute approximate surface area is 157 Å². The van der Waals surface area contributed by atoms with Crippen LogP contribution < -0.4 is 0 Å². The molecular formula is C21H15Br2N. The first-order chi connectivity index (χ1) is 11.4. The van der Waals surface area contributed by atoms with Gasteiger partial charge in [0.2, 0.25) is 0 Å². The van der Waals surface area contributed by atoms with Crippen LogP contribution >= 0.6 is 31.9 Å². The van der Waals surface area contributed by atoms with Crippen molar-refractivity contribution in [2.75, 3.05) is 0 Å². The Hall–Kier alpha value is -1.58. The predicted molar refractivity (Wildman–Crippen MR) is 109 cm³/mol. The summed E-state index contributed by atoms with van der Waals surface area (Å²) in [5.41, 5.74) is 7.91. The number of halogens is 2. The minimum atomic E-state index is 0.0144. The van der Waals surface area contributed by atoms with Crippen LogP contribution in [0.25, 0.3) is 32.9 Å². The highest BCUT2D eigenvalue weighted by molar-refractivity contribution is 9.10. The molecule has 1 N–H and O–H groups in total. The molecule has 24 heavy (non-hydrogen) atoms. The van der Waals surface area contributed by atoms with E-state index in [2.05, 4.69) is 99.2 Å². The van der Waals surface area contributed by atoms with Crippen LogP contribution in [-0.2, 0) is 5.41 Å². The maximum Gasteiger partial charge on any atom is 0.0476 e. The van der Waals surface area contributed by atoms with E-state index in [0.29, 0.717) is 0 Å². The molecule has 0 bridgehead atoms. The van der Waals surface area contributed by atoms with Gasteiger partial charge in [-0.25, -0.2) is 0 Å². The average molecular weight is 441 g/mol. The van der Waals surface area contributed by atoms with E-state index in [0.717, 1.165) is 8.95 Å². The van der Waals surface area contributed by atoms with Crippen molar-refractivity contribution < 1.29 is 0 Å². The van der Waals surface area contributed by atoms with Crippen LogP contribution in [0.1, 0.15) is 25.0 Å². The monoisotopic (exact) mass is 439 g/mol. The number of aromatic amines is 1. The molecule has 0 unspecified atom stereocenters. The first-order valence-corrected chi connectivity index (χ1v) is 9.59. The number of hydrogen-bond acceptors (Lipinski definition) is 0. The second-order valence-corrected chi connectivity index (χ2v) is 8.90. The first-order valence-electron chi connectivity index (χ1n) is 8.01. The van der Waals surface area contributed by atoms with Crippen LogP contribution in [0, 0.1) is 0 Å². The molecule has 5 rings (SSSR count). The Bertz CT molecular complexity index is 1150. The number of rotatable bonds is 0. The van der Waals surface area contributed by atoms with Gasteiger partial charge in [-0.15, -0.1) is 0 Å². The van der Waals surface area contributed by atoms with Crippen molar-refractivity contribution in [3.8, 4) is 11.1 Å². The molecule has 1 heterocycles. The third kappa shape index (κ3) is 1.86. The van der Waals surface area contributed by atoms with Gasteiger partial charge in [0.1, 0.15) is 0 Å². The lowest BCUT2D eigenvalue weighted by atomic mass is 9.82. The summed E-state index contributed by atoms with van der Waals surface area (Å²) in [6.45, 7) is 4.63. The fourth-order valence-electron chi connectivity index (χ4n) is 4.08. The largest absolute Gasteiger partial charge is 0.354 e. The van der Waals surface area contributed by atoms with E-state index in [1.54, 1.807) is 0 Å². The molecule has 0 spiro atoms. The lowest BCUT2D eigenvalue weighted by molar-refractivity contribution is 0.660. The molecule has 1 aromatic heterocycles. The first kappa shape index (κ1) is 14.7. The smallest absolute Gasteiger partial charge is 0.0476 e. The molecule has 1 nitrogen and oxygen atoms in total. The lowest BCUT2D eigenvalue weighted by Crippen LogP contribution is -2.14. The fraction of sp³-hybridized carbons (Fsp3) is 0.143. The number of hydrogen-bond donors (Lipinski definition) is 1. The summed E-state index contributed by atoms with van der Waals surface area (Å²) in [5, 5.41) is 2.57. The van der Waals surface area contributed by atoms with Crippen molar-refractivity contribution in [1.29, 1.82) is 0 Å². The molecule has 0 aliphatic heterocycles. The van der Waals surface area contributed by atoms with Gasteiger partial charge >= 0.3 is 0 Å². The van der Waals surface area contributed by atoms with Gasteiger partial charge in [0.05, 0.1) is 0 Å². The molecular weight excluding hydrogens is 426 g/mol. The van der Waals surface area contributed by atoms with Crippen molar-refractivity contribution in [2.45, 2.75) is 19.3 Å². The zero-order valence-electron chi connectivity index (χ0n) is 13.4. The summed E-state index contributed by atoms with van der Waals surface area (Å²) < 4.78 is 2.24. The zero-order chi connectivity index (χ0) is 16.6. The van der Waals surface area contributed by atoms with E-state index in [1.807, 2.05) is 0 Å². The Morgan fingerprint density at radius 3 is 2.21 bits per heavy atom. The number of fused-ring (bicyclic) bond motifs is 6. The van der Waals surface area contributed by atoms with Crippen molar-refractivity contribution in [1.82, 2.24) is 4.98 Å². The Morgan fingerprint density at radius 1 is 0.708 bits per heavy atom. The molecule has 0 saturated heterocycles. The highest BCUT2D eigenvalue weighted by atomic mass is 79.9. The van der Waals surface area contributed by atoms with Crippen LogP contribution in [0.15, 0.2) is 57.5 Å². The van der Waals surface area contributed by atoms with Crippen molar-refractivity contribution in [2.24, 2.45) is 0 Å². The van der Waals surface area contributed by atoms with Crippen molar-refractivity contribution >= 4 is 53.7 Å². The molecule has 4 aromatic rings. The van der Waals surface area contributed by atoms with Crippen LogP contribution in [-0.4, -0.2) is 4.98 Å². The summed E-state index contributed by atoms with van der Waals surface area (Å²) in [6, 6.07) is 17.8. The SMILES string of the molecule is CC1(C)c2cc(Br)ccc2-c2cc3c(cc21)[nH]c1cc(Br)ccc13. The Balaban J connectivity index is 1.90. The summed E-state index contributed by atoms with van der Waals surface area (Å²) >= 11 is 7.19. The van der Waals surface area contributed by atoms with Gasteiger partial charge in [-0.2, -0.15) is 0 Å². The van der Waals surface area contributed by atoms with Gasteiger partial charge < -0.3 is 4.98 Å². The van der Waals surface area contributed by atoms with Crippen LogP contribution in [0.4, 0.5) is 0 Å². The van der Waals surface area contributed by atoms with Gasteiger partial charge in [0.15, 0.2) is 0 Å². The van der Waals surface area contributed by atoms with E-state index >= 15 is 0 Å². The van der Waals surface area contributed by atoms with Gasteiger partial charge in [-0.05, 0) is 58.7 Å². The molecule has 3 aromatic carbocycles. The maximum absolute atomic E-state index is 3.63. The van der Waals surface area contributed by atoms with Gasteiger partial charge in [0.25, 0.3) is 0 Å². The summed E-state index contributed by atoms with van der Waals surface area (Å²) in [7, 11) is 0. The molecule has 0 atom stereocenters. The van der Waals surface area contributed by atoms with E-state index < -0.39 is 0 Å². The number of nitrogens with one attached hydrogen (secondary N) is 1. The molecule has 0 saturated carbocycles. The van der Waals surface area contributed by atoms with E-state index in [4.69, 9.17) is 0 Å². The molecule has 0 radical (unpaired) electrons. The van der Waals surface area contributed by atoms with Crippen molar-refractivity contribution in [3.05, 3.63) is 68.6 Å². The third-order valence-corrected chi connectivity index (χ3v) is 6.30. The van der Waals surface area contributed by atoms with Gasteiger partial charge in [-0.1, -0.05) is 57.8 Å². The minimum Gasteiger partial charge on any atom is -0.354 e. The topological polar surface area (TPSA) is 15.8 Å².